The maximum absolute atomic E-state index is 6.02. The van der Waals surface area contributed by atoms with Crippen molar-refractivity contribution in [2.75, 3.05) is 6.61 Å². The summed E-state index contributed by atoms with van der Waals surface area (Å²) in [4.78, 5) is 0. The van der Waals surface area contributed by atoms with Crippen molar-refractivity contribution in [1.29, 1.82) is 0 Å². The highest BCUT2D eigenvalue weighted by Crippen LogP contribution is 2.31. The van der Waals surface area contributed by atoms with Crippen LogP contribution in [-0.2, 0) is 17.9 Å². The fourth-order valence-corrected chi connectivity index (χ4v) is 3.38. The number of aromatic nitrogens is 2. The number of benzene rings is 2. The van der Waals surface area contributed by atoms with E-state index >= 15 is 0 Å². The van der Waals surface area contributed by atoms with Crippen LogP contribution >= 0.6 is 0 Å². The normalized spacial score (nSPS) is 13.9. The molecule has 1 saturated carbocycles. The van der Waals surface area contributed by atoms with Crippen molar-refractivity contribution in [1.82, 2.24) is 9.78 Å². The zero-order valence-electron chi connectivity index (χ0n) is 18.9. The van der Waals surface area contributed by atoms with Gasteiger partial charge in [0.25, 0.3) is 0 Å². The molecule has 0 amide bonds. The first kappa shape index (κ1) is 21.4. The lowest BCUT2D eigenvalue weighted by Gasteiger charge is -2.18. The Morgan fingerprint density at radius 3 is 2.58 bits per heavy atom. The van der Waals surface area contributed by atoms with Gasteiger partial charge in [0.1, 0.15) is 11.5 Å². The fourth-order valence-electron chi connectivity index (χ4n) is 3.38. The molecule has 1 aromatic heterocycles. The number of para-hydroxylation sites is 1. The third kappa shape index (κ3) is 5.88. The van der Waals surface area contributed by atoms with Crippen LogP contribution in [0, 0.1) is 0 Å². The van der Waals surface area contributed by atoms with Crippen LogP contribution in [0.4, 0.5) is 0 Å². The summed E-state index contributed by atoms with van der Waals surface area (Å²) in [5, 5.41) is 4.88. The molecule has 3 aromatic rings. The van der Waals surface area contributed by atoms with Gasteiger partial charge in [0.15, 0.2) is 0 Å². The van der Waals surface area contributed by atoms with E-state index in [0.717, 1.165) is 46.9 Å². The molecule has 0 atom stereocenters. The van der Waals surface area contributed by atoms with Crippen LogP contribution in [0.5, 0.6) is 11.5 Å². The summed E-state index contributed by atoms with van der Waals surface area (Å²) in [5.74, 6) is 1.81. The Hall–Kier alpha value is -2.79. The minimum Gasteiger partial charge on any atom is -0.494 e. The van der Waals surface area contributed by atoms with Gasteiger partial charge in [-0.25, -0.2) is 0 Å². The van der Waals surface area contributed by atoms with Gasteiger partial charge >= 0.3 is 0 Å². The molecule has 1 fully saturated rings. The highest BCUT2D eigenvalue weighted by molar-refractivity contribution is 5.62. The number of ether oxygens (including phenoxy) is 3. The topological polar surface area (TPSA) is 45.5 Å². The van der Waals surface area contributed by atoms with Gasteiger partial charge < -0.3 is 14.2 Å². The summed E-state index contributed by atoms with van der Waals surface area (Å²) in [6, 6.07) is 18.5. The molecule has 1 heterocycles. The Labute approximate surface area is 185 Å². The molecule has 5 nitrogen and oxygen atoms in total. The van der Waals surface area contributed by atoms with Crippen molar-refractivity contribution in [2.45, 2.75) is 65.4 Å². The van der Waals surface area contributed by atoms with Crippen molar-refractivity contribution in [3.63, 3.8) is 0 Å². The standard InChI is InChI=1S/C26H32N2O3/c1-5-29-25-12-7-6-9-20(25)17-28-24(16-21(27-28)18-30-26(2,3)4)19-10-8-11-23(15-19)31-22-13-14-22/h6-12,15-16,22H,5,13-14,17-18H2,1-4H3. The van der Waals surface area contributed by atoms with E-state index in [1.165, 1.54) is 0 Å². The summed E-state index contributed by atoms with van der Waals surface area (Å²) < 4.78 is 19.9. The second-order valence-corrected chi connectivity index (χ2v) is 8.97. The van der Waals surface area contributed by atoms with Gasteiger partial charge in [-0.1, -0.05) is 30.3 Å². The SMILES string of the molecule is CCOc1ccccc1Cn1nc(COC(C)(C)C)cc1-c1cccc(OC2CC2)c1. The molecule has 5 heteroatoms. The molecule has 4 rings (SSSR count). The zero-order valence-corrected chi connectivity index (χ0v) is 18.9. The van der Waals surface area contributed by atoms with E-state index in [4.69, 9.17) is 19.3 Å². The molecule has 0 aliphatic heterocycles. The Balaban J connectivity index is 1.66. The lowest BCUT2D eigenvalue weighted by Crippen LogP contribution is -2.19. The minimum atomic E-state index is -0.219. The van der Waals surface area contributed by atoms with Crippen LogP contribution in [0.2, 0.25) is 0 Å². The molecule has 0 spiro atoms. The molecule has 2 aromatic carbocycles. The average Bonchev–Trinajstić information content (AvgIpc) is 3.45. The van der Waals surface area contributed by atoms with E-state index in [0.29, 0.717) is 25.9 Å². The third-order valence-corrected chi connectivity index (χ3v) is 5.03. The molecule has 0 N–H and O–H groups in total. The summed E-state index contributed by atoms with van der Waals surface area (Å²) >= 11 is 0. The predicted octanol–water partition coefficient (Wildman–Crippen LogP) is 5.85. The van der Waals surface area contributed by atoms with E-state index in [1.54, 1.807) is 0 Å². The van der Waals surface area contributed by atoms with Crippen LogP contribution in [0.25, 0.3) is 11.3 Å². The minimum absolute atomic E-state index is 0.219. The Morgan fingerprint density at radius 1 is 1.03 bits per heavy atom. The molecule has 164 valence electrons. The van der Waals surface area contributed by atoms with Crippen LogP contribution in [0.3, 0.4) is 0 Å². The Kier molecular flexibility index (Phi) is 6.33. The Morgan fingerprint density at radius 2 is 1.84 bits per heavy atom. The first-order chi connectivity index (χ1) is 14.9. The highest BCUT2D eigenvalue weighted by atomic mass is 16.5. The van der Waals surface area contributed by atoms with Crippen LogP contribution < -0.4 is 9.47 Å². The van der Waals surface area contributed by atoms with E-state index in [2.05, 4.69) is 45.0 Å². The van der Waals surface area contributed by atoms with Crippen LogP contribution in [-0.4, -0.2) is 28.1 Å². The third-order valence-electron chi connectivity index (χ3n) is 5.03. The maximum Gasteiger partial charge on any atom is 0.124 e. The monoisotopic (exact) mass is 420 g/mol. The van der Waals surface area contributed by atoms with Crippen LogP contribution in [0.15, 0.2) is 54.6 Å². The van der Waals surface area contributed by atoms with E-state index in [-0.39, 0.29) is 5.60 Å². The van der Waals surface area contributed by atoms with Crippen molar-refractivity contribution in [3.05, 3.63) is 65.9 Å². The van der Waals surface area contributed by atoms with E-state index in [1.807, 2.05) is 41.9 Å². The summed E-state index contributed by atoms with van der Waals surface area (Å²) in [6.07, 6.45) is 2.66. The summed E-state index contributed by atoms with van der Waals surface area (Å²) in [6.45, 7) is 9.90. The molecule has 0 radical (unpaired) electrons. The van der Waals surface area contributed by atoms with Gasteiger partial charge in [0, 0.05) is 11.1 Å². The van der Waals surface area contributed by atoms with Crippen molar-refractivity contribution < 1.29 is 14.2 Å². The largest absolute Gasteiger partial charge is 0.494 e. The number of hydrogen-bond acceptors (Lipinski definition) is 4. The second kappa shape index (κ2) is 9.15. The van der Waals surface area contributed by atoms with Gasteiger partial charge in [-0.05, 0) is 64.8 Å². The maximum atomic E-state index is 6.02. The van der Waals surface area contributed by atoms with Gasteiger partial charge in [0.05, 0.1) is 42.9 Å². The molecular weight excluding hydrogens is 388 g/mol. The summed E-state index contributed by atoms with van der Waals surface area (Å²) in [5.41, 5.74) is 3.92. The van der Waals surface area contributed by atoms with Crippen molar-refractivity contribution in [3.8, 4) is 22.8 Å². The van der Waals surface area contributed by atoms with Crippen LogP contribution in [0.1, 0.15) is 51.8 Å². The quantitative estimate of drug-likeness (QED) is 0.435. The molecular formula is C26H32N2O3. The molecule has 31 heavy (non-hydrogen) atoms. The average molecular weight is 421 g/mol. The fraction of sp³-hybridized carbons (Fsp3) is 0.423. The Bertz CT molecular complexity index is 1020. The lowest BCUT2D eigenvalue weighted by atomic mass is 10.1. The van der Waals surface area contributed by atoms with Crippen molar-refractivity contribution >= 4 is 0 Å². The molecule has 0 bridgehead atoms. The van der Waals surface area contributed by atoms with Gasteiger partial charge in [0.2, 0.25) is 0 Å². The molecule has 0 unspecified atom stereocenters. The van der Waals surface area contributed by atoms with E-state index < -0.39 is 0 Å². The van der Waals surface area contributed by atoms with E-state index in [9.17, 15) is 0 Å². The first-order valence-corrected chi connectivity index (χ1v) is 11.1. The predicted molar refractivity (Wildman–Crippen MR) is 123 cm³/mol. The number of nitrogens with zero attached hydrogens (tertiary/aromatic N) is 2. The zero-order chi connectivity index (χ0) is 21.8. The number of hydrogen-bond donors (Lipinski definition) is 0. The van der Waals surface area contributed by atoms with Gasteiger partial charge in [-0.15, -0.1) is 0 Å². The molecule has 1 aliphatic rings. The smallest absolute Gasteiger partial charge is 0.124 e. The molecule has 0 saturated heterocycles. The molecule has 1 aliphatic carbocycles. The van der Waals surface area contributed by atoms with Gasteiger partial charge in [-0.3, -0.25) is 4.68 Å². The highest BCUT2D eigenvalue weighted by Gasteiger charge is 2.24. The van der Waals surface area contributed by atoms with Gasteiger partial charge in [-0.2, -0.15) is 5.10 Å². The number of rotatable bonds is 9. The second-order valence-electron chi connectivity index (χ2n) is 8.97. The first-order valence-electron chi connectivity index (χ1n) is 11.1. The lowest BCUT2D eigenvalue weighted by molar-refractivity contribution is -0.0166. The van der Waals surface area contributed by atoms with Crippen molar-refractivity contribution in [2.24, 2.45) is 0 Å². The summed E-state index contributed by atoms with van der Waals surface area (Å²) in [7, 11) is 0.